The minimum absolute atomic E-state index is 0.108. The molecule has 1 saturated carbocycles. The number of carbonyl (C=O) groups excluding carboxylic acids is 2. The van der Waals surface area contributed by atoms with Gasteiger partial charge >= 0.3 is 5.97 Å². The van der Waals surface area contributed by atoms with Crippen LogP contribution >= 0.6 is 0 Å². The molecule has 1 N–H and O–H groups in total. The molecule has 0 unspecified atom stereocenters. The summed E-state index contributed by atoms with van der Waals surface area (Å²) in [6.07, 6.45) is 2.52. The fourth-order valence-electron chi connectivity index (χ4n) is 3.50. The van der Waals surface area contributed by atoms with Crippen molar-refractivity contribution < 1.29 is 19.1 Å². The van der Waals surface area contributed by atoms with Gasteiger partial charge in [-0.25, -0.2) is 4.79 Å². The quantitative estimate of drug-likeness (QED) is 0.819. The number of carbonyl (C=O) groups is 2. The van der Waals surface area contributed by atoms with Crippen LogP contribution in [0.5, 0.6) is 0 Å². The number of methoxy groups -OCH3 is 1. The van der Waals surface area contributed by atoms with E-state index in [0.29, 0.717) is 11.1 Å². The molecule has 0 bridgehead atoms. The number of rotatable bonds is 6. The highest BCUT2D eigenvalue weighted by molar-refractivity contribution is 5.97. The second kappa shape index (κ2) is 7.13. The van der Waals surface area contributed by atoms with Crippen LogP contribution in [-0.4, -0.2) is 38.2 Å². The first kappa shape index (κ1) is 17.5. The van der Waals surface area contributed by atoms with E-state index in [0.717, 1.165) is 19.3 Å². The molecule has 1 aromatic rings. The lowest BCUT2D eigenvalue weighted by molar-refractivity contribution is -0.186. The van der Waals surface area contributed by atoms with Crippen LogP contribution in [0.3, 0.4) is 0 Å². The smallest absolute Gasteiger partial charge is 0.338 e. The Kier molecular flexibility index (Phi) is 5.42. The Bertz CT molecular complexity index is 580. The summed E-state index contributed by atoms with van der Waals surface area (Å²) < 4.78 is 11.2. The first-order valence-electron chi connectivity index (χ1n) is 8.08. The number of hydrogen-bond donors (Lipinski definition) is 1. The van der Waals surface area contributed by atoms with E-state index >= 15 is 0 Å². The SMILES string of the molecule is CCC1(CC)[C@@H](OC(=O)c2cccc(C(=O)NC)c2)C[C@H]1OC. The molecule has 0 aliphatic heterocycles. The highest BCUT2D eigenvalue weighted by Gasteiger charge is 2.55. The zero-order valence-electron chi connectivity index (χ0n) is 14.2. The lowest BCUT2D eigenvalue weighted by atomic mass is 9.60. The second-order valence-electron chi connectivity index (χ2n) is 5.95. The molecule has 0 saturated heterocycles. The topological polar surface area (TPSA) is 64.6 Å². The number of nitrogens with one attached hydrogen (secondary N) is 1. The Morgan fingerprint density at radius 2 is 1.87 bits per heavy atom. The first-order chi connectivity index (χ1) is 11.0. The monoisotopic (exact) mass is 319 g/mol. The summed E-state index contributed by atoms with van der Waals surface area (Å²) in [5, 5.41) is 2.55. The van der Waals surface area contributed by atoms with Gasteiger partial charge in [0.15, 0.2) is 0 Å². The number of amides is 1. The molecule has 5 nitrogen and oxygen atoms in total. The largest absolute Gasteiger partial charge is 0.458 e. The summed E-state index contributed by atoms with van der Waals surface area (Å²) in [5.74, 6) is -0.610. The van der Waals surface area contributed by atoms with Crippen molar-refractivity contribution in [1.29, 1.82) is 0 Å². The van der Waals surface area contributed by atoms with E-state index in [4.69, 9.17) is 9.47 Å². The van der Waals surface area contributed by atoms with Gasteiger partial charge in [-0.15, -0.1) is 0 Å². The van der Waals surface area contributed by atoms with Gasteiger partial charge in [0.1, 0.15) is 6.10 Å². The highest BCUT2D eigenvalue weighted by Crippen LogP contribution is 2.50. The van der Waals surface area contributed by atoms with E-state index in [-0.39, 0.29) is 29.5 Å². The van der Waals surface area contributed by atoms with Crippen LogP contribution in [-0.2, 0) is 9.47 Å². The van der Waals surface area contributed by atoms with Crippen molar-refractivity contribution in [3.63, 3.8) is 0 Å². The molecule has 126 valence electrons. The third kappa shape index (κ3) is 3.11. The summed E-state index contributed by atoms with van der Waals surface area (Å²) in [5.41, 5.74) is 0.735. The molecule has 1 fully saturated rings. The second-order valence-corrected chi connectivity index (χ2v) is 5.95. The predicted molar refractivity (Wildman–Crippen MR) is 87.5 cm³/mol. The normalized spacial score (nSPS) is 22.1. The van der Waals surface area contributed by atoms with Crippen molar-refractivity contribution in [1.82, 2.24) is 5.32 Å². The van der Waals surface area contributed by atoms with Crippen molar-refractivity contribution in [3.05, 3.63) is 35.4 Å². The Balaban J connectivity index is 2.12. The average Bonchev–Trinajstić information content (AvgIpc) is 2.58. The van der Waals surface area contributed by atoms with Gasteiger partial charge in [-0.3, -0.25) is 4.79 Å². The molecule has 5 heteroatoms. The van der Waals surface area contributed by atoms with Crippen molar-refractivity contribution in [2.75, 3.05) is 14.2 Å². The molecule has 0 heterocycles. The average molecular weight is 319 g/mol. The zero-order valence-corrected chi connectivity index (χ0v) is 14.2. The number of esters is 1. The molecule has 0 aromatic heterocycles. The van der Waals surface area contributed by atoms with Crippen LogP contribution < -0.4 is 5.32 Å². The van der Waals surface area contributed by atoms with Crippen molar-refractivity contribution in [2.24, 2.45) is 5.41 Å². The molecule has 1 aromatic carbocycles. The van der Waals surface area contributed by atoms with Crippen LogP contribution in [0, 0.1) is 5.41 Å². The van der Waals surface area contributed by atoms with E-state index in [1.807, 2.05) is 0 Å². The minimum atomic E-state index is -0.387. The lowest BCUT2D eigenvalue weighted by Gasteiger charge is -2.53. The molecular weight excluding hydrogens is 294 g/mol. The molecule has 1 aliphatic carbocycles. The molecular formula is C18H25NO4. The summed E-state index contributed by atoms with van der Waals surface area (Å²) in [6, 6.07) is 6.59. The van der Waals surface area contributed by atoms with Gasteiger partial charge < -0.3 is 14.8 Å². The number of ether oxygens (including phenoxy) is 2. The predicted octanol–water partition coefficient (Wildman–Crippen LogP) is 2.80. The van der Waals surface area contributed by atoms with E-state index in [1.54, 1.807) is 38.4 Å². The maximum atomic E-state index is 12.4. The van der Waals surface area contributed by atoms with Crippen LogP contribution in [0.4, 0.5) is 0 Å². The van der Waals surface area contributed by atoms with E-state index in [1.165, 1.54) is 0 Å². The van der Waals surface area contributed by atoms with Gasteiger partial charge in [0, 0.05) is 31.6 Å². The maximum Gasteiger partial charge on any atom is 0.338 e. The Hall–Kier alpha value is -1.88. The Morgan fingerprint density at radius 1 is 1.22 bits per heavy atom. The Labute approximate surface area is 137 Å². The number of hydrogen-bond acceptors (Lipinski definition) is 4. The van der Waals surface area contributed by atoms with E-state index in [2.05, 4.69) is 19.2 Å². The molecule has 0 radical (unpaired) electrons. The molecule has 1 aliphatic rings. The van der Waals surface area contributed by atoms with Crippen LogP contribution in [0.1, 0.15) is 53.8 Å². The Morgan fingerprint density at radius 3 is 2.43 bits per heavy atom. The van der Waals surface area contributed by atoms with E-state index in [9.17, 15) is 9.59 Å². The fourth-order valence-corrected chi connectivity index (χ4v) is 3.50. The molecule has 2 rings (SSSR count). The minimum Gasteiger partial charge on any atom is -0.458 e. The lowest BCUT2D eigenvalue weighted by Crippen LogP contribution is -2.58. The van der Waals surface area contributed by atoms with Crippen molar-refractivity contribution in [3.8, 4) is 0 Å². The van der Waals surface area contributed by atoms with Gasteiger partial charge in [0.05, 0.1) is 11.7 Å². The van der Waals surface area contributed by atoms with Crippen LogP contribution in [0.15, 0.2) is 24.3 Å². The first-order valence-corrected chi connectivity index (χ1v) is 8.08. The van der Waals surface area contributed by atoms with Crippen molar-refractivity contribution >= 4 is 11.9 Å². The molecule has 23 heavy (non-hydrogen) atoms. The van der Waals surface area contributed by atoms with Gasteiger partial charge in [-0.1, -0.05) is 19.9 Å². The maximum absolute atomic E-state index is 12.4. The third-order valence-electron chi connectivity index (χ3n) is 5.15. The standard InChI is InChI=1S/C18H25NO4/c1-5-18(6-2)14(22-4)11-15(18)23-17(21)13-9-7-8-12(10-13)16(20)19-3/h7-10,14-15H,5-6,11H2,1-4H3,(H,19,20)/t14-,15+/m1/s1. The van der Waals surface area contributed by atoms with Crippen molar-refractivity contribution in [2.45, 2.75) is 45.3 Å². The van der Waals surface area contributed by atoms with Gasteiger partial charge in [0.25, 0.3) is 5.91 Å². The van der Waals surface area contributed by atoms with Gasteiger partial charge in [-0.05, 0) is 31.0 Å². The van der Waals surface area contributed by atoms with E-state index < -0.39 is 0 Å². The summed E-state index contributed by atoms with van der Waals surface area (Å²) >= 11 is 0. The third-order valence-corrected chi connectivity index (χ3v) is 5.15. The summed E-state index contributed by atoms with van der Waals surface area (Å²) in [4.78, 5) is 24.1. The molecule has 1 amide bonds. The van der Waals surface area contributed by atoms with Gasteiger partial charge in [0.2, 0.25) is 0 Å². The van der Waals surface area contributed by atoms with Crippen LogP contribution in [0.2, 0.25) is 0 Å². The summed E-state index contributed by atoms with van der Waals surface area (Å²) in [7, 11) is 3.26. The highest BCUT2D eigenvalue weighted by atomic mass is 16.6. The number of benzene rings is 1. The van der Waals surface area contributed by atoms with Gasteiger partial charge in [-0.2, -0.15) is 0 Å². The summed E-state index contributed by atoms with van der Waals surface area (Å²) in [6.45, 7) is 4.20. The molecule has 0 spiro atoms. The fraction of sp³-hybridized carbons (Fsp3) is 0.556. The molecule has 2 atom stereocenters. The van der Waals surface area contributed by atoms with Crippen LogP contribution in [0.25, 0.3) is 0 Å². The zero-order chi connectivity index (χ0) is 17.0.